The molecule has 1 N–H and O–H groups in total. The molecule has 0 saturated heterocycles. The number of fused-ring (bicyclic) bond motifs is 1. The maximum absolute atomic E-state index is 12.4. The van der Waals surface area contributed by atoms with Crippen LogP contribution in [0.3, 0.4) is 0 Å². The lowest BCUT2D eigenvalue weighted by molar-refractivity contribution is 0.103. The molecule has 1 heterocycles. The van der Waals surface area contributed by atoms with Crippen molar-refractivity contribution in [3.05, 3.63) is 63.0 Å². The van der Waals surface area contributed by atoms with Gasteiger partial charge in [-0.15, -0.1) is 11.3 Å². The molecule has 0 aliphatic heterocycles. The van der Waals surface area contributed by atoms with Crippen molar-refractivity contribution in [3.8, 4) is 6.07 Å². The quantitative estimate of drug-likeness (QED) is 0.681. The SMILES string of the molecule is N#Cc1ccc(NC(=O)c2sc3ccccc3c2Cl)cc1Cl. The van der Waals surface area contributed by atoms with Gasteiger partial charge < -0.3 is 5.32 Å². The van der Waals surface area contributed by atoms with Gasteiger partial charge in [-0.25, -0.2) is 0 Å². The molecular weight excluding hydrogens is 339 g/mol. The molecule has 0 saturated carbocycles. The monoisotopic (exact) mass is 346 g/mol. The summed E-state index contributed by atoms with van der Waals surface area (Å²) >= 11 is 13.6. The van der Waals surface area contributed by atoms with E-state index in [-0.39, 0.29) is 5.91 Å². The number of carbonyl (C=O) groups excluding carboxylic acids is 1. The number of carbonyl (C=O) groups is 1. The summed E-state index contributed by atoms with van der Waals surface area (Å²) in [6, 6.07) is 14.3. The van der Waals surface area contributed by atoms with Crippen LogP contribution in [0.1, 0.15) is 15.2 Å². The molecule has 2 aromatic carbocycles. The van der Waals surface area contributed by atoms with Crippen molar-refractivity contribution in [1.82, 2.24) is 0 Å². The van der Waals surface area contributed by atoms with E-state index >= 15 is 0 Å². The first-order valence-corrected chi connectivity index (χ1v) is 7.85. The van der Waals surface area contributed by atoms with Crippen molar-refractivity contribution in [2.45, 2.75) is 0 Å². The van der Waals surface area contributed by atoms with Crippen molar-refractivity contribution < 1.29 is 4.79 Å². The van der Waals surface area contributed by atoms with Gasteiger partial charge in [0, 0.05) is 15.8 Å². The van der Waals surface area contributed by atoms with Gasteiger partial charge in [0.2, 0.25) is 0 Å². The lowest BCUT2D eigenvalue weighted by Crippen LogP contribution is -2.10. The standard InChI is InChI=1S/C16H8Cl2N2OS/c17-12-7-10(6-5-9(12)8-19)20-16(21)15-14(18)11-3-1-2-4-13(11)22-15/h1-7H,(H,20,21). The predicted molar refractivity (Wildman–Crippen MR) is 91.0 cm³/mol. The van der Waals surface area contributed by atoms with Gasteiger partial charge >= 0.3 is 0 Å². The van der Waals surface area contributed by atoms with Gasteiger partial charge in [-0.3, -0.25) is 4.79 Å². The fraction of sp³-hybridized carbons (Fsp3) is 0. The van der Waals surface area contributed by atoms with Crippen LogP contribution in [0.25, 0.3) is 10.1 Å². The number of anilines is 1. The van der Waals surface area contributed by atoms with Gasteiger partial charge in [-0.05, 0) is 24.3 Å². The Kier molecular flexibility index (Phi) is 4.04. The first-order chi connectivity index (χ1) is 10.6. The Labute approximate surface area is 140 Å². The number of nitrogens with zero attached hydrogens (tertiary/aromatic N) is 1. The molecule has 0 unspecified atom stereocenters. The second-order valence-electron chi connectivity index (χ2n) is 4.50. The summed E-state index contributed by atoms with van der Waals surface area (Å²) in [5.74, 6) is -0.299. The summed E-state index contributed by atoms with van der Waals surface area (Å²) < 4.78 is 0.954. The number of thiophene rings is 1. The van der Waals surface area contributed by atoms with E-state index in [1.165, 1.54) is 11.3 Å². The van der Waals surface area contributed by atoms with Crippen LogP contribution < -0.4 is 5.32 Å². The maximum Gasteiger partial charge on any atom is 0.267 e. The van der Waals surface area contributed by atoms with Crippen LogP contribution in [0.2, 0.25) is 10.0 Å². The summed E-state index contributed by atoms with van der Waals surface area (Å²) in [6.07, 6.45) is 0. The normalized spacial score (nSPS) is 10.4. The summed E-state index contributed by atoms with van der Waals surface area (Å²) in [4.78, 5) is 12.8. The second-order valence-corrected chi connectivity index (χ2v) is 6.34. The molecule has 0 atom stereocenters. The summed E-state index contributed by atoms with van der Waals surface area (Å²) in [5, 5.41) is 13.2. The molecule has 22 heavy (non-hydrogen) atoms. The smallest absolute Gasteiger partial charge is 0.267 e. The van der Waals surface area contributed by atoms with Crippen molar-refractivity contribution in [1.29, 1.82) is 5.26 Å². The first-order valence-electron chi connectivity index (χ1n) is 6.28. The molecule has 3 aromatic rings. The molecule has 108 valence electrons. The highest BCUT2D eigenvalue weighted by molar-refractivity contribution is 7.21. The van der Waals surface area contributed by atoms with Gasteiger partial charge in [0.05, 0.1) is 15.6 Å². The van der Waals surface area contributed by atoms with Gasteiger partial charge in [-0.1, -0.05) is 41.4 Å². The molecule has 1 aromatic heterocycles. The fourth-order valence-electron chi connectivity index (χ4n) is 2.03. The molecule has 3 rings (SSSR count). The van der Waals surface area contributed by atoms with E-state index in [1.54, 1.807) is 18.2 Å². The third kappa shape index (κ3) is 2.67. The molecule has 0 bridgehead atoms. The Balaban J connectivity index is 1.92. The molecule has 0 aliphatic rings. The molecule has 6 heteroatoms. The average molecular weight is 347 g/mol. The van der Waals surface area contributed by atoms with Crippen LogP contribution in [-0.4, -0.2) is 5.91 Å². The minimum Gasteiger partial charge on any atom is -0.321 e. The lowest BCUT2D eigenvalue weighted by Gasteiger charge is -2.05. The number of hydrogen-bond donors (Lipinski definition) is 1. The van der Waals surface area contributed by atoms with E-state index in [2.05, 4.69) is 5.32 Å². The van der Waals surface area contributed by atoms with Crippen LogP contribution in [0.4, 0.5) is 5.69 Å². The zero-order chi connectivity index (χ0) is 15.7. The minimum atomic E-state index is -0.299. The molecule has 3 nitrogen and oxygen atoms in total. The van der Waals surface area contributed by atoms with Gasteiger partial charge in [0.1, 0.15) is 10.9 Å². The van der Waals surface area contributed by atoms with E-state index in [0.29, 0.717) is 26.2 Å². The molecule has 0 spiro atoms. The van der Waals surface area contributed by atoms with E-state index in [1.807, 2.05) is 30.3 Å². The summed E-state index contributed by atoms with van der Waals surface area (Å²) in [6.45, 7) is 0. The van der Waals surface area contributed by atoms with E-state index in [4.69, 9.17) is 28.5 Å². The highest BCUT2D eigenvalue weighted by Gasteiger charge is 2.17. The summed E-state index contributed by atoms with van der Waals surface area (Å²) in [7, 11) is 0. The Morgan fingerprint density at radius 2 is 1.95 bits per heavy atom. The maximum atomic E-state index is 12.4. The highest BCUT2D eigenvalue weighted by Crippen LogP contribution is 2.35. The van der Waals surface area contributed by atoms with Crippen molar-refractivity contribution in [2.24, 2.45) is 0 Å². The van der Waals surface area contributed by atoms with Gasteiger partial charge in [-0.2, -0.15) is 5.26 Å². The van der Waals surface area contributed by atoms with Crippen molar-refractivity contribution in [2.75, 3.05) is 5.32 Å². The Hall–Kier alpha value is -2.06. The summed E-state index contributed by atoms with van der Waals surface area (Å²) in [5.41, 5.74) is 0.877. The van der Waals surface area contributed by atoms with Crippen LogP contribution in [0, 0.1) is 11.3 Å². The first kappa shape index (κ1) is 14.9. The second kappa shape index (κ2) is 5.98. The average Bonchev–Trinajstić information content (AvgIpc) is 2.85. The van der Waals surface area contributed by atoms with Crippen LogP contribution >= 0.6 is 34.5 Å². The van der Waals surface area contributed by atoms with E-state index in [0.717, 1.165) is 10.1 Å². The highest BCUT2D eigenvalue weighted by atomic mass is 35.5. The number of hydrogen-bond acceptors (Lipinski definition) is 3. The lowest BCUT2D eigenvalue weighted by atomic mass is 10.2. The Morgan fingerprint density at radius 1 is 1.18 bits per heavy atom. The largest absolute Gasteiger partial charge is 0.321 e. The molecule has 1 amide bonds. The fourth-order valence-corrected chi connectivity index (χ4v) is 3.67. The zero-order valence-corrected chi connectivity index (χ0v) is 13.4. The third-order valence-electron chi connectivity index (χ3n) is 3.09. The van der Waals surface area contributed by atoms with E-state index in [9.17, 15) is 4.79 Å². The molecular formula is C16H8Cl2N2OS. The number of rotatable bonds is 2. The molecule has 0 fully saturated rings. The van der Waals surface area contributed by atoms with Gasteiger partial charge in [0.15, 0.2) is 0 Å². The number of nitrogens with one attached hydrogen (secondary N) is 1. The topological polar surface area (TPSA) is 52.9 Å². The van der Waals surface area contributed by atoms with Crippen molar-refractivity contribution >= 4 is 56.2 Å². The van der Waals surface area contributed by atoms with Crippen LogP contribution in [0.5, 0.6) is 0 Å². The van der Waals surface area contributed by atoms with Crippen LogP contribution in [-0.2, 0) is 0 Å². The third-order valence-corrected chi connectivity index (χ3v) is 5.08. The number of nitriles is 1. The number of halogens is 2. The number of amides is 1. The van der Waals surface area contributed by atoms with E-state index < -0.39 is 0 Å². The Morgan fingerprint density at radius 3 is 2.64 bits per heavy atom. The molecule has 0 aliphatic carbocycles. The minimum absolute atomic E-state index is 0.294. The zero-order valence-electron chi connectivity index (χ0n) is 11.1. The van der Waals surface area contributed by atoms with Gasteiger partial charge in [0.25, 0.3) is 5.91 Å². The molecule has 0 radical (unpaired) electrons. The number of benzene rings is 2. The van der Waals surface area contributed by atoms with Crippen molar-refractivity contribution in [3.63, 3.8) is 0 Å². The predicted octanol–water partition coefficient (Wildman–Crippen LogP) is 5.33. The Bertz CT molecular complexity index is 928. The van der Waals surface area contributed by atoms with Crippen LogP contribution in [0.15, 0.2) is 42.5 Å².